The minimum Gasteiger partial charge on any atom is -0.462 e. The first-order chi connectivity index (χ1) is 10.8. The number of rotatable bonds is 11. The van der Waals surface area contributed by atoms with Crippen molar-refractivity contribution in [3.63, 3.8) is 0 Å². The van der Waals surface area contributed by atoms with Crippen LogP contribution >= 0.6 is 0 Å². The van der Waals surface area contributed by atoms with E-state index >= 15 is 0 Å². The molecule has 0 fully saturated rings. The van der Waals surface area contributed by atoms with Crippen molar-refractivity contribution in [2.75, 3.05) is 19.8 Å². The molecule has 22 heavy (non-hydrogen) atoms. The van der Waals surface area contributed by atoms with Crippen molar-refractivity contribution in [1.29, 1.82) is 0 Å². The minimum absolute atomic E-state index is 0.0515. The Morgan fingerprint density at radius 1 is 1.23 bits per heavy atom. The number of aliphatic hydroxyl groups is 1. The van der Waals surface area contributed by atoms with Gasteiger partial charge < -0.3 is 14.6 Å². The number of hydrogen-bond donors (Lipinski definition) is 1. The van der Waals surface area contributed by atoms with Crippen LogP contribution in [0.3, 0.4) is 0 Å². The van der Waals surface area contributed by atoms with Crippen molar-refractivity contribution in [3.8, 4) is 0 Å². The van der Waals surface area contributed by atoms with Gasteiger partial charge in [0.1, 0.15) is 0 Å². The molecule has 0 aliphatic carbocycles. The zero-order valence-electron chi connectivity index (χ0n) is 12.8. The summed E-state index contributed by atoms with van der Waals surface area (Å²) >= 11 is 0. The summed E-state index contributed by atoms with van der Waals surface area (Å²) in [5.74, 6) is -0.274. The SMILES string of the molecule is C=C[C@H](CO)OC/C=C/CCCCOC(=O)c1ccccc1. The largest absolute Gasteiger partial charge is 0.462 e. The Morgan fingerprint density at radius 2 is 2.00 bits per heavy atom. The van der Waals surface area contributed by atoms with E-state index in [1.165, 1.54) is 0 Å². The van der Waals surface area contributed by atoms with Crippen LogP contribution in [-0.4, -0.2) is 37.0 Å². The molecule has 0 aliphatic rings. The lowest BCUT2D eigenvalue weighted by Crippen LogP contribution is -2.14. The molecule has 1 atom stereocenters. The quantitative estimate of drug-likeness (QED) is 0.388. The Bertz CT molecular complexity index is 453. The van der Waals surface area contributed by atoms with Crippen molar-refractivity contribution in [1.82, 2.24) is 0 Å². The number of unbranched alkanes of at least 4 members (excludes halogenated alkanes) is 2. The summed E-state index contributed by atoms with van der Waals surface area (Å²) in [7, 11) is 0. The Balaban J connectivity index is 2.02. The first-order valence-corrected chi connectivity index (χ1v) is 7.50. The molecule has 1 aromatic rings. The monoisotopic (exact) mass is 304 g/mol. The van der Waals surface area contributed by atoms with Crippen LogP contribution < -0.4 is 0 Å². The third-order valence-corrected chi connectivity index (χ3v) is 3.02. The van der Waals surface area contributed by atoms with Crippen LogP contribution in [0.15, 0.2) is 55.1 Å². The molecule has 0 bridgehead atoms. The third kappa shape index (κ3) is 7.76. The summed E-state index contributed by atoms with van der Waals surface area (Å²) in [6.45, 7) is 4.40. The number of esters is 1. The summed E-state index contributed by atoms with van der Waals surface area (Å²) < 4.78 is 10.5. The fraction of sp³-hybridized carbons (Fsp3) is 0.389. The summed E-state index contributed by atoms with van der Waals surface area (Å²) in [4.78, 5) is 11.7. The van der Waals surface area contributed by atoms with Crippen molar-refractivity contribution < 1.29 is 19.4 Å². The molecule has 0 saturated heterocycles. The number of allylic oxidation sites excluding steroid dienone is 1. The first-order valence-electron chi connectivity index (χ1n) is 7.50. The molecule has 0 spiro atoms. The van der Waals surface area contributed by atoms with E-state index in [1.54, 1.807) is 18.2 Å². The average molecular weight is 304 g/mol. The molecule has 0 aliphatic heterocycles. The van der Waals surface area contributed by atoms with Gasteiger partial charge in [-0.25, -0.2) is 4.79 Å². The van der Waals surface area contributed by atoms with Crippen molar-refractivity contribution in [2.24, 2.45) is 0 Å². The fourth-order valence-corrected chi connectivity index (χ4v) is 1.75. The molecule has 0 radical (unpaired) electrons. The summed E-state index contributed by atoms with van der Waals surface area (Å²) in [5.41, 5.74) is 0.584. The Labute approximate surface area is 132 Å². The molecular formula is C18H24O4. The fourth-order valence-electron chi connectivity index (χ4n) is 1.75. The summed E-state index contributed by atoms with van der Waals surface area (Å²) in [6, 6.07) is 8.99. The van der Waals surface area contributed by atoms with Crippen molar-refractivity contribution in [2.45, 2.75) is 25.4 Å². The van der Waals surface area contributed by atoms with Gasteiger partial charge in [-0.1, -0.05) is 36.4 Å². The van der Waals surface area contributed by atoms with Gasteiger partial charge in [-0.2, -0.15) is 0 Å². The molecule has 0 heterocycles. The van der Waals surface area contributed by atoms with Crippen LogP contribution in [0.4, 0.5) is 0 Å². The third-order valence-electron chi connectivity index (χ3n) is 3.02. The second-order valence-electron chi connectivity index (χ2n) is 4.76. The standard InChI is InChI=1S/C18H24O4/c1-2-17(15-19)21-13-9-4-3-5-10-14-22-18(20)16-11-7-6-8-12-16/h2,4,6-9,11-12,17,19H,1,3,5,10,13-15H2/b9-4+/t17-/m1/s1. The van der Waals surface area contributed by atoms with Gasteiger partial charge in [0.15, 0.2) is 0 Å². The Kier molecular flexibility index (Phi) is 9.66. The molecular weight excluding hydrogens is 280 g/mol. The van der Waals surface area contributed by atoms with Gasteiger partial charge in [0.05, 0.1) is 31.5 Å². The van der Waals surface area contributed by atoms with E-state index in [4.69, 9.17) is 14.6 Å². The minimum atomic E-state index is -0.304. The van der Waals surface area contributed by atoms with E-state index in [0.717, 1.165) is 19.3 Å². The van der Waals surface area contributed by atoms with Gasteiger partial charge in [-0.05, 0) is 31.4 Å². The maximum absolute atomic E-state index is 11.7. The van der Waals surface area contributed by atoms with E-state index in [-0.39, 0.29) is 18.7 Å². The van der Waals surface area contributed by atoms with E-state index in [0.29, 0.717) is 18.8 Å². The number of benzene rings is 1. The van der Waals surface area contributed by atoms with E-state index < -0.39 is 0 Å². The van der Waals surface area contributed by atoms with Gasteiger partial charge in [0.25, 0.3) is 0 Å². The molecule has 4 nitrogen and oxygen atoms in total. The molecule has 0 aromatic heterocycles. The lowest BCUT2D eigenvalue weighted by molar-refractivity contribution is 0.0498. The summed E-state index contributed by atoms with van der Waals surface area (Å²) in [5, 5.41) is 8.89. The highest BCUT2D eigenvalue weighted by atomic mass is 16.5. The molecule has 0 saturated carbocycles. The summed E-state index contributed by atoms with van der Waals surface area (Å²) in [6.07, 6.45) is 7.90. The first kappa shape index (κ1) is 18.1. The Hall–Kier alpha value is -1.91. The second-order valence-corrected chi connectivity index (χ2v) is 4.76. The van der Waals surface area contributed by atoms with Gasteiger partial charge in [0, 0.05) is 0 Å². The highest BCUT2D eigenvalue weighted by Gasteiger charge is 2.04. The van der Waals surface area contributed by atoms with E-state index in [9.17, 15) is 4.79 Å². The topological polar surface area (TPSA) is 55.8 Å². The van der Waals surface area contributed by atoms with Crippen LogP contribution in [0.25, 0.3) is 0 Å². The highest BCUT2D eigenvalue weighted by molar-refractivity contribution is 5.89. The number of ether oxygens (including phenoxy) is 2. The van der Waals surface area contributed by atoms with Crippen LogP contribution in [0.2, 0.25) is 0 Å². The molecule has 4 heteroatoms. The molecule has 0 amide bonds. The Morgan fingerprint density at radius 3 is 2.68 bits per heavy atom. The van der Waals surface area contributed by atoms with Crippen LogP contribution in [0, 0.1) is 0 Å². The zero-order valence-corrected chi connectivity index (χ0v) is 12.8. The second kappa shape index (κ2) is 11.7. The number of hydrogen-bond acceptors (Lipinski definition) is 4. The molecule has 1 aromatic carbocycles. The van der Waals surface area contributed by atoms with Crippen LogP contribution in [-0.2, 0) is 9.47 Å². The van der Waals surface area contributed by atoms with Gasteiger partial charge in [-0.3, -0.25) is 0 Å². The molecule has 1 N–H and O–H groups in total. The van der Waals surface area contributed by atoms with Gasteiger partial charge in [0.2, 0.25) is 0 Å². The van der Waals surface area contributed by atoms with Gasteiger partial charge >= 0.3 is 5.97 Å². The normalized spacial score (nSPS) is 12.2. The zero-order chi connectivity index (χ0) is 16.0. The molecule has 120 valence electrons. The van der Waals surface area contributed by atoms with Crippen molar-refractivity contribution >= 4 is 5.97 Å². The molecule has 1 rings (SSSR count). The highest BCUT2D eigenvalue weighted by Crippen LogP contribution is 2.03. The lowest BCUT2D eigenvalue weighted by atomic mass is 10.2. The van der Waals surface area contributed by atoms with Crippen LogP contribution in [0.5, 0.6) is 0 Å². The van der Waals surface area contributed by atoms with Crippen LogP contribution in [0.1, 0.15) is 29.6 Å². The van der Waals surface area contributed by atoms with E-state index in [1.807, 2.05) is 30.4 Å². The van der Waals surface area contributed by atoms with Gasteiger partial charge in [-0.15, -0.1) is 6.58 Å². The van der Waals surface area contributed by atoms with E-state index in [2.05, 4.69) is 6.58 Å². The maximum atomic E-state index is 11.7. The average Bonchev–Trinajstić information content (AvgIpc) is 2.57. The predicted molar refractivity (Wildman–Crippen MR) is 86.7 cm³/mol. The number of carbonyl (C=O) groups is 1. The van der Waals surface area contributed by atoms with Crippen molar-refractivity contribution in [3.05, 3.63) is 60.7 Å². The predicted octanol–water partition coefficient (Wildman–Crippen LogP) is 3.13. The smallest absolute Gasteiger partial charge is 0.338 e. The molecule has 0 unspecified atom stereocenters. The number of aliphatic hydroxyl groups excluding tert-OH is 1. The maximum Gasteiger partial charge on any atom is 0.338 e. The lowest BCUT2D eigenvalue weighted by Gasteiger charge is -2.07. The number of carbonyl (C=O) groups excluding carboxylic acids is 1.